The van der Waals surface area contributed by atoms with Gasteiger partial charge < -0.3 is 9.64 Å². The number of nitro groups is 1. The van der Waals surface area contributed by atoms with Crippen molar-refractivity contribution in [1.29, 1.82) is 0 Å². The summed E-state index contributed by atoms with van der Waals surface area (Å²) < 4.78 is 4.40. The molecule has 15 heavy (non-hydrogen) atoms. The van der Waals surface area contributed by atoms with Crippen LogP contribution in [0, 0.1) is 10.1 Å². The van der Waals surface area contributed by atoms with Gasteiger partial charge in [-0.3, -0.25) is 10.1 Å². The molecule has 0 amide bonds. The predicted octanol–water partition coefficient (Wildman–Crippen LogP) is 0.663. The SMILES string of the molecule is COC(=O)/C=C1\C=CN(C)C=C1[N+](=O)[O-]. The van der Waals surface area contributed by atoms with E-state index >= 15 is 0 Å². The maximum atomic E-state index is 10.9. The van der Waals surface area contributed by atoms with Gasteiger partial charge in [0.05, 0.1) is 23.8 Å². The van der Waals surface area contributed by atoms with Gasteiger partial charge in [0.25, 0.3) is 5.70 Å². The van der Waals surface area contributed by atoms with Crippen LogP contribution in [-0.2, 0) is 9.53 Å². The lowest BCUT2D eigenvalue weighted by Gasteiger charge is -2.12. The van der Waals surface area contributed by atoms with Crippen molar-refractivity contribution in [3.05, 3.63) is 45.9 Å². The van der Waals surface area contributed by atoms with Gasteiger partial charge in [-0.1, -0.05) is 0 Å². The van der Waals surface area contributed by atoms with Gasteiger partial charge in [-0.2, -0.15) is 0 Å². The molecule has 0 aromatic heterocycles. The summed E-state index contributed by atoms with van der Waals surface area (Å²) >= 11 is 0. The number of allylic oxidation sites excluding steroid dienone is 1. The summed E-state index contributed by atoms with van der Waals surface area (Å²) in [6.07, 6.45) is 5.50. The standard InChI is InChI=1S/C9H10N2O4/c1-10-4-3-7(5-9(12)15-2)8(6-10)11(13)14/h3-6H,1-2H3/b7-5+. The van der Waals surface area contributed by atoms with Gasteiger partial charge >= 0.3 is 5.97 Å². The highest BCUT2D eigenvalue weighted by Gasteiger charge is 2.20. The molecule has 0 radical (unpaired) electrons. The van der Waals surface area contributed by atoms with E-state index < -0.39 is 10.9 Å². The molecule has 0 aromatic carbocycles. The molecular formula is C9H10N2O4. The molecule has 0 spiro atoms. The van der Waals surface area contributed by atoms with Crippen LogP contribution in [-0.4, -0.2) is 29.9 Å². The Morgan fingerprint density at radius 2 is 2.33 bits per heavy atom. The Hall–Kier alpha value is -2.11. The number of ether oxygens (including phenoxy) is 1. The summed E-state index contributed by atoms with van der Waals surface area (Å²) in [5, 5.41) is 10.7. The normalized spacial score (nSPS) is 17.6. The second kappa shape index (κ2) is 4.41. The first kappa shape index (κ1) is 11.0. The fourth-order valence-corrected chi connectivity index (χ4v) is 1.05. The van der Waals surface area contributed by atoms with Crippen molar-refractivity contribution in [1.82, 2.24) is 4.90 Å². The molecule has 0 unspecified atom stereocenters. The molecule has 0 atom stereocenters. The quantitative estimate of drug-likeness (QED) is 0.290. The zero-order valence-corrected chi connectivity index (χ0v) is 8.34. The number of carbonyl (C=O) groups is 1. The lowest BCUT2D eigenvalue weighted by atomic mass is 10.1. The lowest BCUT2D eigenvalue weighted by molar-refractivity contribution is -0.421. The molecule has 0 saturated heterocycles. The second-order valence-corrected chi connectivity index (χ2v) is 2.88. The number of hydrogen-bond acceptors (Lipinski definition) is 5. The van der Waals surface area contributed by atoms with E-state index in [0.29, 0.717) is 0 Å². The molecule has 80 valence electrons. The van der Waals surface area contributed by atoms with Crippen LogP contribution in [0.25, 0.3) is 0 Å². The minimum Gasteiger partial charge on any atom is -0.466 e. The Labute approximate surface area is 86.3 Å². The van der Waals surface area contributed by atoms with Crippen LogP contribution in [0.4, 0.5) is 0 Å². The van der Waals surface area contributed by atoms with Crippen molar-refractivity contribution in [2.24, 2.45) is 0 Å². The molecule has 0 aromatic rings. The van der Waals surface area contributed by atoms with Crippen LogP contribution in [0.1, 0.15) is 0 Å². The smallest absolute Gasteiger partial charge is 0.331 e. The molecule has 0 N–H and O–H groups in total. The minimum atomic E-state index is -0.619. The van der Waals surface area contributed by atoms with Gasteiger partial charge in [0.1, 0.15) is 0 Å². The number of rotatable bonds is 2. The predicted molar refractivity (Wildman–Crippen MR) is 52.1 cm³/mol. The van der Waals surface area contributed by atoms with Gasteiger partial charge in [-0.05, 0) is 6.08 Å². The highest BCUT2D eigenvalue weighted by Crippen LogP contribution is 2.18. The van der Waals surface area contributed by atoms with Crippen LogP contribution < -0.4 is 0 Å². The molecule has 1 aliphatic heterocycles. The molecule has 0 aliphatic carbocycles. The maximum absolute atomic E-state index is 10.9. The lowest BCUT2D eigenvalue weighted by Crippen LogP contribution is -2.14. The van der Waals surface area contributed by atoms with Gasteiger partial charge in [0.2, 0.25) is 0 Å². The summed E-state index contributed by atoms with van der Waals surface area (Å²) in [5.41, 5.74) is 0.0929. The van der Waals surface area contributed by atoms with E-state index in [0.717, 1.165) is 6.08 Å². The largest absolute Gasteiger partial charge is 0.466 e. The first-order chi connectivity index (χ1) is 7.04. The Balaban J connectivity index is 3.03. The highest BCUT2D eigenvalue weighted by molar-refractivity contribution is 5.84. The van der Waals surface area contributed by atoms with Crippen molar-refractivity contribution in [2.45, 2.75) is 0 Å². The Morgan fingerprint density at radius 3 is 2.87 bits per heavy atom. The van der Waals surface area contributed by atoms with E-state index in [2.05, 4.69) is 4.74 Å². The van der Waals surface area contributed by atoms with Crippen LogP contribution >= 0.6 is 0 Å². The van der Waals surface area contributed by atoms with E-state index in [1.54, 1.807) is 13.2 Å². The van der Waals surface area contributed by atoms with Gasteiger partial charge in [0, 0.05) is 19.3 Å². The van der Waals surface area contributed by atoms with Crippen molar-refractivity contribution in [2.75, 3.05) is 14.2 Å². The first-order valence-corrected chi connectivity index (χ1v) is 4.11. The van der Waals surface area contributed by atoms with Crippen LogP contribution in [0.15, 0.2) is 35.8 Å². The molecule has 6 heteroatoms. The fourth-order valence-electron chi connectivity index (χ4n) is 1.05. The number of hydrogen-bond donors (Lipinski definition) is 0. The van der Waals surface area contributed by atoms with Gasteiger partial charge in [-0.15, -0.1) is 0 Å². The number of nitrogens with zero attached hydrogens (tertiary/aromatic N) is 2. The zero-order chi connectivity index (χ0) is 11.4. The monoisotopic (exact) mass is 210 g/mol. The van der Waals surface area contributed by atoms with E-state index in [-0.39, 0.29) is 11.3 Å². The topological polar surface area (TPSA) is 72.7 Å². The van der Waals surface area contributed by atoms with Gasteiger partial charge in [0.15, 0.2) is 0 Å². The summed E-state index contributed by atoms with van der Waals surface area (Å²) in [6, 6.07) is 0. The molecular weight excluding hydrogens is 200 g/mol. The molecule has 0 saturated carbocycles. The van der Waals surface area contributed by atoms with Crippen molar-refractivity contribution >= 4 is 5.97 Å². The van der Waals surface area contributed by atoms with E-state index in [4.69, 9.17) is 0 Å². The van der Waals surface area contributed by atoms with Gasteiger partial charge in [-0.25, -0.2) is 4.79 Å². The van der Waals surface area contributed by atoms with Crippen LogP contribution in [0.3, 0.4) is 0 Å². The minimum absolute atomic E-state index is 0.134. The second-order valence-electron chi connectivity index (χ2n) is 2.88. The van der Waals surface area contributed by atoms with Crippen molar-refractivity contribution < 1.29 is 14.5 Å². The number of methoxy groups -OCH3 is 1. The number of esters is 1. The van der Waals surface area contributed by atoms with E-state index in [1.807, 2.05) is 0 Å². The third-order valence-electron chi connectivity index (χ3n) is 1.78. The maximum Gasteiger partial charge on any atom is 0.331 e. The average Bonchev–Trinajstić information content (AvgIpc) is 2.20. The third-order valence-corrected chi connectivity index (χ3v) is 1.78. The Bertz CT molecular complexity index is 382. The summed E-state index contributed by atoms with van der Waals surface area (Å²) in [6.45, 7) is 0. The third kappa shape index (κ3) is 2.67. The number of carbonyl (C=O) groups excluding carboxylic acids is 1. The molecule has 1 heterocycles. The molecule has 1 aliphatic rings. The van der Waals surface area contributed by atoms with Crippen molar-refractivity contribution in [3.63, 3.8) is 0 Å². The fraction of sp³-hybridized carbons (Fsp3) is 0.222. The summed E-state index contributed by atoms with van der Waals surface area (Å²) in [4.78, 5) is 22.6. The molecule has 6 nitrogen and oxygen atoms in total. The summed E-state index contributed by atoms with van der Waals surface area (Å²) in [7, 11) is 2.88. The van der Waals surface area contributed by atoms with Crippen LogP contribution in [0.2, 0.25) is 0 Å². The van der Waals surface area contributed by atoms with E-state index in [9.17, 15) is 14.9 Å². The first-order valence-electron chi connectivity index (χ1n) is 4.11. The van der Waals surface area contributed by atoms with Crippen molar-refractivity contribution in [3.8, 4) is 0 Å². The summed E-state index contributed by atoms with van der Waals surface area (Å²) in [5.74, 6) is -0.619. The van der Waals surface area contributed by atoms with Crippen LogP contribution in [0.5, 0.6) is 0 Å². The molecule has 0 bridgehead atoms. The Morgan fingerprint density at radius 1 is 1.67 bits per heavy atom. The van der Waals surface area contributed by atoms with E-state index in [1.165, 1.54) is 24.3 Å². The Kier molecular flexibility index (Phi) is 3.22. The molecule has 1 rings (SSSR count). The zero-order valence-electron chi connectivity index (χ0n) is 8.34. The molecule has 0 fully saturated rings. The average molecular weight is 210 g/mol. The highest BCUT2D eigenvalue weighted by atomic mass is 16.6.